The lowest BCUT2D eigenvalue weighted by Gasteiger charge is -2.12. The molecule has 0 saturated carbocycles. The Balaban J connectivity index is 1.70. The van der Waals surface area contributed by atoms with Gasteiger partial charge < -0.3 is 10.6 Å². The Morgan fingerprint density at radius 1 is 1.12 bits per heavy atom. The molecule has 0 saturated heterocycles. The predicted molar refractivity (Wildman–Crippen MR) is 117 cm³/mol. The molecule has 0 aliphatic carbocycles. The van der Waals surface area contributed by atoms with Crippen molar-refractivity contribution in [3.8, 4) is 0 Å². The molecule has 0 amide bonds. The summed E-state index contributed by atoms with van der Waals surface area (Å²) in [6.07, 6.45) is 1.87. The highest BCUT2D eigenvalue weighted by molar-refractivity contribution is 9.10. The second kappa shape index (κ2) is 8.39. The lowest BCUT2D eigenvalue weighted by Crippen LogP contribution is -2.20. The average Bonchev–Trinajstić information content (AvgIpc) is 2.93. The Bertz CT molecular complexity index is 958. The molecule has 0 aliphatic heterocycles. The maximum Gasteiger partial charge on any atom is 0.176 e. The predicted octanol–water partition coefficient (Wildman–Crippen LogP) is 6.12. The van der Waals surface area contributed by atoms with E-state index in [0.29, 0.717) is 27.5 Å². The van der Waals surface area contributed by atoms with Crippen molar-refractivity contribution in [1.82, 2.24) is 9.78 Å². The second-order valence-electron chi connectivity index (χ2n) is 5.61. The summed E-state index contributed by atoms with van der Waals surface area (Å²) in [5, 5.41) is 12.6. The Hall–Kier alpha value is -1.60. The first kappa shape index (κ1) is 19.2. The van der Waals surface area contributed by atoms with Crippen molar-refractivity contribution in [2.75, 3.05) is 10.6 Å². The van der Waals surface area contributed by atoms with Gasteiger partial charge in [0.2, 0.25) is 0 Å². The molecule has 0 bridgehead atoms. The molecule has 1 aromatic heterocycles. The zero-order valence-electron chi connectivity index (χ0n) is 13.8. The summed E-state index contributed by atoms with van der Waals surface area (Å²) in [5.74, 6) is 0.620. The molecule has 0 radical (unpaired) electrons. The van der Waals surface area contributed by atoms with Crippen molar-refractivity contribution >= 4 is 68.0 Å². The van der Waals surface area contributed by atoms with Crippen LogP contribution in [-0.4, -0.2) is 14.9 Å². The molecule has 26 heavy (non-hydrogen) atoms. The van der Waals surface area contributed by atoms with E-state index in [1.165, 1.54) is 0 Å². The summed E-state index contributed by atoms with van der Waals surface area (Å²) < 4.78 is 2.59. The van der Waals surface area contributed by atoms with Crippen LogP contribution in [0, 0.1) is 6.92 Å². The molecular weight excluding hydrogens is 455 g/mol. The molecule has 3 aromatic rings. The van der Waals surface area contributed by atoms with Gasteiger partial charge in [-0.2, -0.15) is 5.10 Å². The van der Waals surface area contributed by atoms with Gasteiger partial charge in [-0.25, -0.2) is 0 Å². The van der Waals surface area contributed by atoms with Gasteiger partial charge in [-0.1, -0.05) is 47.5 Å². The van der Waals surface area contributed by atoms with Crippen LogP contribution in [0.4, 0.5) is 11.5 Å². The van der Waals surface area contributed by atoms with Gasteiger partial charge in [-0.05, 0) is 64.4 Å². The fraction of sp³-hybridized carbons (Fsp3) is 0.111. The van der Waals surface area contributed by atoms with Crippen LogP contribution in [0.15, 0.2) is 53.1 Å². The fourth-order valence-electron chi connectivity index (χ4n) is 2.37. The van der Waals surface area contributed by atoms with E-state index >= 15 is 0 Å². The van der Waals surface area contributed by atoms with E-state index in [2.05, 4.69) is 31.7 Å². The topological polar surface area (TPSA) is 41.9 Å². The van der Waals surface area contributed by atoms with E-state index in [-0.39, 0.29) is 0 Å². The summed E-state index contributed by atoms with van der Waals surface area (Å²) in [5.41, 5.74) is 2.77. The van der Waals surface area contributed by atoms with Gasteiger partial charge in [-0.3, -0.25) is 4.68 Å². The maximum atomic E-state index is 6.21. The van der Waals surface area contributed by atoms with E-state index in [4.69, 9.17) is 35.4 Å². The summed E-state index contributed by atoms with van der Waals surface area (Å²) in [7, 11) is 0. The Kier molecular flexibility index (Phi) is 6.19. The number of benzene rings is 2. The lowest BCUT2D eigenvalue weighted by atomic mass is 10.2. The summed E-state index contributed by atoms with van der Waals surface area (Å²) in [6, 6.07) is 13.3. The number of nitrogens with one attached hydrogen (secondary N) is 2. The van der Waals surface area contributed by atoms with E-state index in [1.54, 1.807) is 4.68 Å². The van der Waals surface area contributed by atoms with Crippen molar-refractivity contribution < 1.29 is 0 Å². The lowest BCUT2D eigenvalue weighted by molar-refractivity contribution is 0.690. The number of anilines is 2. The smallest absolute Gasteiger partial charge is 0.176 e. The van der Waals surface area contributed by atoms with Crippen molar-refractivity contribution in [3.05, 3.63) is 74.3 Å². The fourth-order valence-corrected chi connectivity index (χ4v) is 3.36. The van der Waals surface area contributed by atoms with E-state index < -0.39 is 0 Å². The third-order valence-corrected chi connectivity index (χ3v) is 5.32. The largest absolute Gasteiger partial charge is 0.332 e. The number of nitrogens with zero attached hydrogens (tertiary/aromatic N) is 2. The molecule has 8 heteroatoms. The number of hydrogen-bond donors (Lipinski definition) is 2. The minimum Gasteiger partial charge on any atom is -0.332 e. The molecule has 1 heterocycles. The van der Waals surface area contributed by atoms with Crippen LogP contribution in [0.3, 0.4) is 0 Å². The molecule has 2 aromatic carbocycles. The number of thiocarbonyl (C=S) groups is 1. The van der Waals surface area contributed by atoms with Gasteiger partial charge in [-0.15, -0.1) is 0 Å². The first-order valence-electron chi connectivity index (χ1n) is 7.73. The molecule has 0 fully saturated rings. The Morgan fingerprint density at radius 3 is 2.62 bits per heavy atom. The zero-order valence-corrected chi connectivity index (χ0v) is 17.7. The molecular formula is C18H15BrCl2N4S. The number of hydrogen-bond acceptors (Lipinski definition) is 2. The van der Waals surface area contributed by atoms with Crippen molar-refractivity contribution in [2.24, 2.45) is 0 Å². The third-order valence-electron chi connectivity index (χ3n) is 3.76. The summed E-state index contributed by atoms with van der Waals surface area (Å²) in [4.78, 5) is 0. The summed E-state index contributed by atoms with van der Waals surface area (Å²) in [6.45, 7) is 2.50. The number of rotatable bonds is 4. The molecule has 134 valence electrons. The monoisotopic (exact) mass is 468 g/mol. The SMILES string of the molecule is Cc1c(Cl)cccc1NC(=S)Nc1nn(Cc2ccccc2Cl)cc1Br. The van der Waals surface area contributed by atoms with Crippen LogP contribution in [0.5, 0.6) is 0 Å². The van der Waals surface area contributed by atoms with Crippen LogP contribution < -0.4 is 10.6 Å². The van der Waals surface area contributed by atoms with Gasteiger partial charge in [0.1, 0.15) is 0 Å². The normalized spacial score (nSPS) is 10.6. The highest BCUT2D eigenvalue weighted by Gasteiger charge is 2.11. The highest BCUT2D eigenvalue weighted by Crippen LogP contribution is 2.25. The molecule has 2 N–H and O–H groups in total. The highest BCUT2D eigenvalue weighted by atomic mass is 79.9. The molecule has 0 unspecified atom stereocenters. The van der Waals surface area contributed by atoms with E-state index in [0.717, 1.165) is 21.3 Å². The summed E-state index contributed by atoms with van der Waals surface area (Å²) >= 11 is 21.2. The average molecular weight is 470 g/mol. The molecule has 0 aliphatic rings. The number of aromatic nitrogens is 2. The number of halogens is 3. The minimum absolute atomic E-state index is 0.430. The third kappa shape index (κ3) is 4.57. The van der Waals surface area contributed by atoms with Crippen LogP contribution in [-0.2, 0) is 6.54 Å². The van der Waals surface area contributed by atoms with Gasteiger partial charge in [0, 0.05) is 21.9 Å². The van der Waals surface area contributed by atoms with Gasteiger partial charge in [0.05, 0.1) is 11.0 Å². The van der Waals surface area contributed by atoms with Crippen molar-refractivity contribution in [1.29, 1.82) is 0 Å². The minimum atomic E-state index is 0.430. The van der Waals surface area contributed by atoms with E-state index in [9.17, 15) is 0 Å². The molecule has 0 spiro atoms. The van der Waals surface area contributed by atoms with Crippen LogP contribution in [0.2, 0.25) is 10.0 Å². The molecule has 4 nitrogen and oxygen atoms in total. The van der Waals surface area contributed by atoms with Gasteiger partial charge >= 0.3 is 0 Å². The van der Waals surface area contributed by atoms with E-state index in [1.807, 2.05) is 55.6 Å². The van der Waals surface area contributed by atoms with Crippen molar-refractivity contribution in [3.63, 3.8) is 0 Å². The molecule has 3 rings (SSSR count). The standard InChI is InChI=1S/C18H15BrCl2N4S/c1-11-14(20)7-4-8-16(11)22-18(26)23-17-13(19)10-25(24-17)9-12-5-2-3-6-15(12)21/h2-8,10H,9H2,1H3,(H2,22,23,24,26). The van der Waals surface area contributed by atoms with Gasteiger partial charge in [0.25, 0.3) is 0 Å². The van der Waals surface area contributed by atoms with Crippen LogP contribution in [0.25, 0.3) is 0 Å². The first-order chi connectivity index (χ1) is 12.4. The Labute approximate surface area is 175 Å². The first-order valence-corrected chi connectivity index (χ1v) is 9.69. The zero-order chi connectivity index (χ0) is 18.7. The van der Waals surface area contributed by atoms with Crippen LogP contribution in [0.1, 0.15) is 11.1 Å². The maximum absolute atomic E-state index is 6.21. The molecule has 0 atom stereocenters. The van der Waals surface area contributed by atoms with Gasteiger partial charge in [0.15, 0.2) is 10.9 Å². The van der Waals surface area contributed by atoms with Crippen molar-refractivity contribution in [2.45, 2.75) is 13.5 Å². The second-order valence-corrected chi connectivity index (χ2v) is 7.68. The van der Waals surface area contributed by atoms with Crippen LogP contribution >= 0.6 is 51.3 Å². The quantitative estimate of drug-likeness (QED) is 0.451. The Morgan fingerprint density at radius 2 is 1.85 bits per heavy atom.